The van der Waals surface area contributed by atoms with Gasteiger partial charge in [-0.05, 0) is 29.4 Å². The zero-order chi connectivity index (χ0) is 29.1. The van der Waals surface area contributed by atoms with Crippen LogP contribution in [0.3, 0.4) is 0 Å². The predicted molar refractivity (Wildman–Crippen MR) is 152 cm³/mol. The Balaban J connectivity index is 1.69. The lowest BCUT2D eigenvalue weighted by atomic mass is 9.82. The predicted octanol–water partition coefficient (Wildman–Crippen LogP) is 4.64. The monoisotopic (exact) mass is 550 g/mol. The summed E-state index contributed by atoms with van der Waals surface area (Å²) in [4.78, 5) is 52.8. The van der Waals surface area contributed by atoms with Crippen LogP contribution in [0.15, 0.2) is 60.7 Å². The van der Waals surface area contributed by atoms with E-state index < -0.39 is 30.2 Å². The average Bonchev–Trinajstić information content (AvgIpc) is 3.82. The van der Waals surface area contributed by atoms with Gasteiger partial charge in [-0.3, -0.25) is 14.4 Å². The van der Waals surface area contributed by atoms with Crippen molar-refractivity contribution in [2.45, 2.75) is 78.2 Å². The van der Waals surface area contributed by atoms with E-state index in [1.165, 1.54) is 0 Å². The Hall–Kier alpha value is -3.52. The summed E-state index contributed by atoms with van der Waals surface area (Å²) in [5, 5.41) is 5.68. The molecule has 0 aliphatic carbocycles. The molecule has 1 saturated heterocycles. The fraction of sp³-hybridized carbons (Fsp3) is 0.500. The van der Waals surface area contributed by atoms with Crippen LogP contribution >= 0.6 is 0 Å². The number of hydrogen-bond donors (Lipinski definition) is 2. The normalized spacial score (nSPS) is 17.9. The van der Waals surface area contributed by atoms with E-state index in [-0.39, 0.29) is 42.3 Å². The summed E-state index contributed by atoms with van der Waals surface area (Å²) in [6.45, 7) is 8.17. The number of benzene rings is 2. The first-order valence-electron chi connectivity index (χ1n) is 14.2. The summed E-state index contributed by atoms with van der Waals surface area (Å²) in [7, 11) is 0. The third-order valence-corrected chi connectivity index (χ3v) is 7.73. The molecule has 8 nitrogen and oxygen atoms in total. The SMILES string of the molecule is CCC(C)[C@H](CC(=O)[C@@H](NC(=O)OCc1ccccc1)C(C)CC)C(=O)N[C@@H](Cc1ccccc1)C(=O)[C@H]1CO1. The van der Waals surface area contributed by atoms with Crippen molar-refractivity contribution < 1.29 is 28.7 Å². The molecule has 216 valence electrons. The minimum absolute atomic E-state index is 0.0546. The Morgan fingerprint density at radius 2 is 1.45 bits per heavy atom. The molecule has 1 fully saturated rings. The largest absolute Gasteiger partial charge is 0.445 e. The molecule has 0 spiro atoms. The third-order valence-electron chi connectivity index (χ3n) is 7.73. The number of carbonyl (C=O) groups is 4. The van der Waals surface area contributed by atoms with Crippen molar-refractivity contribution in [1.82, 2.24) is 10.6 Å². The van der Waals surface area contributed by atoms with Crippen molar-refractivity contribution in [2.75, 3.05) is 6.61 Å². The van der Waals surface area contributed by atoms with E-state index in [1.54, 1.807) is 0 Å². The van der Waals surface area contributed by atoms with Crippen LogP contribution in [0, 0.1) is 17.8 Å². The molecule has 2 aromatic carbocycles. The van der Waals surface area contributed by atoms with Crippen molar-refractivity contribution in [1.29, 1.82) is 0 Å². The molecule has 0 radical (unpaired) electrons. The lowest BCUT2D eigenvalue weighted by molar-refractivity contribution is -0.134. The van der Waals surface area contributed by atoms with Gasteiger partial charge in [0.2, 0.25) is 5.91 Å². The highest BCUT2D eigenvalue weighted by molar-refractivity contribution is 5.96. The topological polar surface area (TPSA) is 114 Å². The van der Waals surface area contributed by atoms with Crippen LogP contribution in [0.5, 0.6) is 0 Å². The first kappa shape index (κ1) is 31.0. The second kappa shape index (κ2) is 15.3. The fourth-order valence-electron chi connectivity index (χ4n) is 4.64. The van der Waals surface area contributed by atoms with Gasteiger partial charge in [-0.25, -0.2) is 4.79 Å². The second-order valence-corrected chi connectivity index (χ2v) is 10.7. The number of amides is 2. The van der Waals surface area contributed by atoms with E-state index in [0.717, 1.165) is 11.1 Å². The maximum atomic E-state index is 13.6. The van der Waals surface area contributed by atoms with E-state index >= 15 is 0 Å². The van der Waals surface area contributed by atoms with Crippen LogP contribution in [-0.4, -0.2) is 48.4 Å². The molecule has 1 aliphatic heterocycles. The minimum Gasteiger partial charge on any atom is -0.445 e. The van der Waals surface area contributed by atoms with Crippen molar-refractivity contribution in [2.24, 2.45) is 17.8 Å². The van der Waals surface area contributed by atoms with Crippen molar-refractivity contribution in [3.63, 3.8) is 0 Å². The molecule has 6 atom stereocenters. The van der Waals surface area contributed by atoms with Crippen LogP contribution in [0.25, 0.3) is 0 Å². The number of ether oxygens (including phenoxy) is 2. The van der Waals surface area contributed by atoms with E-state index in [0.29, 0.717) is 25.9 Å². The summed E-state index contributed by atoms with van der Waals surface area (Å²) in [5.41, 5.74) is 1.77. The molecule has 8 heteroatoms. The Kier molecular flexibility index (Phi) is 11.9. The minimum atomic E-state index is -0.797. The smallest absolute Gasteiger partial charge is 0.408 e. The van der Waals surface area contributed by atoms with Gasteiger partial charge >= 0.3 is 6.09 Å². The first-order chi connectivity index (χ1) is 19.2. The van der Waals surface area contributed by atoms with Gasteiger partial charge in [0.15, 0.2) is 11.6 Å². The number of epoxide rings is 1. The van der Waals surface area contributed by atoms with E-state index in [1.807, 2.05) is 88.4 Å². The van der Waals surface area contributed by atoms with Gasteiger partial charge in [0, 0.05) is 12.3 Å². The van der Waals surface area contributed by atoms with E-state index in [4.69, 9.17) is 9.47 Å². The second-order valence-electron chi connectivity index (χ2n) is 10.7. The summed E-state index contributed by atoms with van der Waals surface area (Å²) in [5.74, 6) is -1.66. The zero-order valence-electron chi connectivity index (χ0n) is 23.9. The summed E-state index contributed by atoms with van der Waals surface area (Å²) >= 11 is 0. The number of alkyl carbamates (subject to hydrolysis) is 1. The third kappa shape index (κ3) is 9.30. The number of Topliss-reactive ketones (excluding diaryl/α,β-unsaturated/α-hetero) is 2. The highest BCUT2D eigenvalue weighted by Crippen LogP contribution is 2.24. The highest BCUT2D eigenvalue weighted by atomic mass is 16.6. The van der Waals surface area contributed by atoms with Gasteiger partial charge in [-0.15, -0.1) is 0 Å². The highest BCUT2D eigenvalue weighted by Gasteiger charge is 2.39. The standard InChI is InChI=1S/C32H42N2O6/c1-5-21(3)25(31(37)33-26(30(36)28-20-39-28)17-23-13-9-7-10-14-23)18-27(35)29(22(4)6-2)34-32(38)40-19-24-15-11-8-12-16-24/h7-16,21-22,25-26,28-29H,5-6,17-20H2,1-4H3,(H,33,37)(H,34,38)/t21?,22?,25-,26-,28+,29-/m0/s1. The average molecular weight is 551 g/mol. The summed E-state index contributed by atoms with van der Waals surface area (Å²) < 4.78 is 10.6. The molecule has 1 heterocycles. The maximum Gasteiger partial charge on any atom is 0.408 e. The van der Waals surface area contributed by atoms with Crippen LogP contribution < -0.4 is 10.6 Å². The lowest BCUT2D eigenvalue weighted by Crippen LogP contribution is -2.50. The molecule has 3 rings (SSSR count). The molecular formula is C32H42N2O6. The van der Waals surface area contributed by atoms with E-state index in [9.17, 15) is 19.2 Å². The van der Waals surface area contributed by atoms with Gasteiger partial charge in [0.05, 0.1) is 18.7 Å². The summed E-state index contributed by atoms with van der Waals surface area (Å²) in [6, 6.07) is 17.3. The quantitative estimate of drug-likeness (QED) is 0.294. The van der Waals surface area contributed by atoms with Gasteiger partial charge in [-0.2, -0.15) is 0 Å². The Morgan fingerprint density at radius 3 is 2.00 bits per heavy atom. The van der Waals surface area contributed by atoms with Crippen molar-refractivity contribution in [3.8, 4) is 0 Å². The van der Waals surface area contributed by atoms with Gasteiger partial charge in [-0.1, -0.05) is 101 Å². The number of hydrogen-bond acceptors (Lipinski definition) is 6. The molecular weight excluding hydrogens is 508 g/mol. The van der Waals surface area contributed by atoms with Crippen LogP contribution in [-0.2, 0) is 36.9 Å². The summed E-state index contributed by atoms with van der Waals surface area (Å²) in [6.07, 6.45) is 0.445. The van der Waals surface area contributed by atoms with Gasteiger partial charge in [0.1, 0.15) is 12.7 Å². The van der Waals surface area contributed by atoms with E-state index in [2.05, 4.69) is 10.6 Å². The van der Waals surface area contributed by atoms with Gasteiger partial charge in [0.25, 0.3) is 0 Å². The van der Waals surface area contributed by atoms with Crippen molar-refractivity contribution >= 4 is 23.6 Å². The Bertz CT molecular complexity index is 1120. The molecule has 2 amide bonds. The molecule has 40 heavy (non-hydrogen) atoms. The number of nitrogens with one attached hydrogen (secondary N) is 2. The molecule has 0 saturated carbocycles. The van der Waals surface area contributed by atoms with Gasteiger partial charge < -0.3 is 20.1 Å². The number of ketones is 2. The number of carbonyl (C=O) groups excluding carboxylic acids is 4. The molecule has 2 N–H and O–H groups in total. The molecule has 0 bridgehead atoms. The molecule has 2 aromatic rings. The first-order valence-corrected chi connectivity index (χ1v) is 14.2. The molecule has 1 aliphatic rings. The van der Waals surface area contributed by atoms with Crippen LogP contribution in [0.2, 0.25) is 0 Å². The van der Waals surface area contributed by atoms with Crippen LogP contribution in [0.1, 0.15) is 58.1 Å². The zero-order valence-corrected chi connectivity index (χ0v) is 23.9. The Labute approximate surface area is 237 Å². The molecule has 0 aromatic heterocycles. The maximum absolute atomic E-state index is 13.6. The Morgan fingerprint density at radius 1 is 0.875 bits per heavy atom. The number of rotatable bonds is 16. The lowest BCUT2D eigenvalue weighted by Gasteiger charge is -2.28. The molecule has 2 unspecified atom stereocenters. The van der Waals surface area contributed by atoms with Crippen molar-refractivity contribution in [3.05, 3.63) is 71.8 Å². The fourth-order valence-corrected chi connectivity index (χ4v) is 4.64. The van der Waals surface area contributed by atoms with Crippen LogP contribution in [0.4, 0.5) is 4.79 Å².